The average Bonchev–Trinajstić information content (AvgIpc) is 3.43. The molecule has 6 nitrogen and oxygen atoms in total. The molecular formula is C22H28N2O4S. The highest BCUT2D eigenvalue weighted by atomic mass is 32.1. The summed E-state index contributed by atoms with van der Waals surface area (Å²) >= 11 is 1.63. The second-order valence-corrected chi connectivity index (χ2v) is 8.24. The Bertz CT molecular complexity index is 833. The molecule has 1 aromatic carbocycles. The minimum absolute atomic E-state index is 0.0130. The van der Waals surface area contributed by atoms with Gasteiger partial charge in [-0.1, -0.05) is 12.1 Å². The number of ether oxygens (including phenoxy) is 2. The van der Waals surface area contributed by atoms with Crippen molar-refractivity contribution in [1.82, 2.24) is 9.80 Å². The van der Waals surface area contributed by atoms with Crippen molar-refractivity contribution in [3.63, 3.8) is 0 Å². The van der Waals surface area contributed by atoms with E-state index in [9.17, 15) is 9.59 Å². The molecule has 0 unspecified atom stereocenters. The lowest BCUT2D eigenvalue weighted by atomic mass is 10.1. The molecule has 156 valence electrons. The van der Waals surface area contributed by atoms with Gasteiger partial charge in [0.1, 0.15) is 6.54 Å². The molecule has 7 heteroatoms. The molecule has 0 N–H and O–H groups in total. The molecule has 2 amide bonds. The zero-order valence-electron chi connectivity index (χ0n) is 17.2. The van der Waals surface area contributed by atoms with Crippen LogP contribution in [0.1, 0.15) is 30.2 Å². The van der Waals surface area contributed by atoms with Crippen LogP contribution in [0.5, 0.6) is 11.5 Å². The maximum atomic E-state index is 13.1. The number of amides is 2. The highest BCUT2D eigenvalue weighted by Crippen LogP contribution is 2.28. The summed E-state index contributed by atoms with van der Waals surface area (Å²) in [6, 6.07) is 10.1. The number of hydrogen-bond donors (Lipinski definition) is 0. The molecule has 0 bridgehead atoms. The van der Waals surface area contributed by atoms with Gasteiger partial charge in [-0.2, -0.15) is 0 Å². The van der Waals surface area contributed by atoms with Crippen LogP contribution in [-0.4, -0.2) is 55.0 Å². The largest absolute Gasteiger partial charge is 0.493 e. The van der Waals surface area contributed by atoms with E-state index in [4.69, 9.17) is 9.47 Å². The van der Waals surface area contributed by atoms with E-state index in [0.29, 0.717) is 31.0 Å². The first kappa shape index (κ1) is 21.2. The molecule has 3 rings (SSSR count). The third-order valence-corrected chi connectivity index (χ3v) is 5.96. The van der Waals surface area contributed by atoms with Gasteiger partial charge in [0, 0.05) is 24.4 Å². The fraction of sp³-hybridized carbons (Fsp3) is 0.455. The molecule has 1 aliphatic carbocycles. The Morgan fingerprint density at radius 1 is 1.14 bits per heavy atom. The number of carbonyl (C=O) groups excluding carboxylic acids is 2. The van der Waals surface area contributed by atoms with Crippen LogP contribution in [-0.2, 0) is 22.6 Å². The zero-order valence-corrected chi connectivity index (χ0v) is 18.0. The monoisotopic (exact) mass is 416 g/mol. The highest BCUT2D eigenvalue weighted by Gasteiger charge is 2.33. The number of carbonyl (C=O) groups is 2. The van der Waals surface area contributed by atoms with Crippen LogP contribution in [0.25, 0.3) is 0 Å². The third kappa shape index (κ3) is 5.73. The van der Waals surface area contributed by atoms with Gasteiger partial charge in [0.25, 0.3) is 0 Å². The van der Waals surface area contributed by atoms with E-state index in [0.717, 1.165) is 23.3 Å². The Hall–Kier alpha value is -2.54. The summed E-state index contributed by atoms with van der Waals surface area (Å²) in [4.78, 5) is 29.7. The Kier molecular flexibility index (Phi) is 7.14. The standard InChI is InChI=1S/C22H28N2O4S/c1-16(25)24(18-7-8-18)15-22(26)23(14-19-5-4-12-29-19)11-10-17-6-9-20(27-2)21(13-17)28-3/h4-6,9,12-13,18H,7-8,10-11,14-15H2,1-3H3. The molecule has 0 aliphatic heterocycles. The van der Waals surface area contributed by atoms with Crippen molar-refractivity contribution in [1.29, 1.82) is 0 Å². The summed E-state index contributed by atoms with van der Waals surface area (Å²) < 4.78 is 10.7. The van der Waals surface area contributed by atoms with Gasteiger partial charge < -0.3 is 19.3 Å². The van der Waals surface area contributed by atoms with Gasteiger partial charge in [-0.05, 0) is 48.4 Å². The predicted octanol–water partition coefficient (Wildman–Crippen LogP) is 3.35. The Balaban J connectivity index is 1.69. The van der Waals surface area contributed by atoms with Gasteiger partial charge in [0.2, 0.25) is 11.8 Å². The second kappa shape index (κ2) is 9.78. The van der Waals surface area contributed by atoms with E-state index >= 15 is 0 Å². The lowest BCUT2D eigenvalue weighted by molar-refractivity contribution is -0.140. The molecule has 0 atom stereocenters. The Morgan fingerprint density at radius 3 is 2.48 bits per heavy atom. The molecule has 1 fully saturated rings. The molecule has 2 aromatic rings. The second-order valence-electron chi connectivity index (χ2n) is 7.21. The normalized spacial score (nSPS) is 13.1. The molecule has 1 aliphatic rings. The molecule has 0 radical (unpaired) electrons. The molecule has 1 aromatic heterocycles. The van der Waals surface area contributed by atoms with Crippen molar-refractivity contribution in [3.05, 3.63) is 46.2 Å². The maximum Gasteiger partial charge on any atom is 0.242 e. The molecule has 0 saturated heterocycles. The van der Waals surface area contributed by atoms with E-state index in [2.05, 4.69) is 0 Å². The first-order valence-electron chi connectivity index (χ1n) is 9.80. The molecule has 29 heavy (non-hydrogen) atoms. The first-order valence-corrected chi connectivity index (χ1v) is 10.7. The van der Waals surface area contributed by atoms with Gasteiger partial charge in [-0.15, -0.1) is 11.3 Å². The summed E-state index contributed by atoms with van der Waals surface area (Å²) in [6.07, 6.45) is 2.67. The Labute approximate surface area is 176 Å². The number of nitrogens with zero attached hydrogens (tertiary/aromatic N) is 2. The van der Waals surface area contributed by atoms with E-state index in [1.165, 1.54) is 0 Å². The van der Waals surface area contributed by atoms with Crippen LogP contribution < -0.4 is 9.47 Å². The number of thiophene rings is 1. The van der Waals surface area contributed by atoms with Gasteiger partial charge in [0.05, 0.1) is 20.8 Å². The van der Waals surface area contributed by atoms with Gasteiger partial charge >= 0.3 is 0 Å². The summed E-state index contributed by atoms with van der Waals surface area (Å²) in [5.41, 5.74) is 1.07. The van der Waals surface area contributed by atoms with Crippen LogP contribution in [0.15, 0.2) is 35.7 Å². The van der Waals surface area contributed by atoms with Crippen LogP contribution >= 0.6 is 11.3 Å². The van der Waals surface area contributed by atoms with Crippen molar-refractivity contribution in [2.45, 2.75) is 38.8 Å². The van der Waals surface area contributed by atoms with Gasteiger partial charge in [-0.3, -0.25) is 9.59 Å². The average molecular weight is 417 g/mol. The quantitative estimate of drug-likeness (QED) is 0.596. The van der Waals surface area contributed by atoms with Crippen LogP contribution in [0.3, 0.4) is 0 Å². The van der Waals surface area contributed by atoms with Crippen molar-refractivity contribution in [3.8, 4) is 11.5 Å². The lowest BCUT2D eigenvalue weighted by Crippen LogP contribution is -2.43. The number of methoxy groups -OCH3 is 2. The summed E-state index contributed by atoms with van der Waals surface area (Å²) in [5, 5.41) is 2.01. The predicted molar refractivity (Wildman–Crippen MR) is 113 cm³/mol. The SMILES string of the molecule is COc1ccc(CCN(Cc2cccs2)C(=O)CN(C(C)=O)C2CC2)cc1OC. The number of benzene rings is 1. The molecule has 1 saturated carbocycles. The molecular weight excluding hydrogens is 388 g/mol. The highest BCUT2D eigenvalue weighted by molar-refractivity contribution is 7.09. The van der Waals surface area contributed by atoms with E-state index in [-0.39, 0.29) is 24.4 Å². The maximum absolute atomic E-state index is 13.1. The number of rotatable bonds is 10. The molecule has 0 spiro atoms. The van der Waals surface area contributed by atoms with Crippen molar-refractivity contribution >= 4 is 23.2 Å². The topological polar surface area (TPSA) is 59.1 Å². The van der Waals surface area contributed by atoms with Gasteiger partial charge in [-0.25, -0.2) is 0 Å². The van der Waals surface area contributed by atoms with E-state index in [1.54, 1.807) is 37.4 Å². The van der Waals surface area contributed by atoms with Crippen molar-refractivity contribution < 1.29 is 19.1 Å². The van der Waals surface area contributed by atoms with E-state index in [1.807, 2.05) is 40.6 Å². The van der Waals surface area contributed by atoms with Crippen LogP contribution in [0.2, 0.25) is 0 Å². The smallest absolute Gasteiger partial charge is 0.242 e. The fourth-order valence-corrected chi connectivity index (χ4v) is 4.03. The van der Waals surface area contributed by atoms with Crippen molar-refractivity contribution in [2.24, 2.45) is 0 Å². The zero-order chi connectivity index (χ0) is 20.8. The minimum atomic E-state index is -0.0307. The summed E-state index contributed by atoms with van der Waals surface area (Å²) in [6.45, 7) is 2.82. The van der Waals surface area contributed by atoms with Crippen molar-refractivity contribution in [2.75, 3.05) is 27.3 Å². The van der Waals surface area contributed by atoms with E-state index < -0.39 is 0 Å². The third-order valence-electron chi connectivity index (χ3n) is 5.10. The molecule has 1 heterocycles. The fourth-order valence-electron chi connectivity index (χ4n) is 3.31. The first-order chi connectivity index (χ1) is 14.0. The summed E-state index contributed by atoms with van der Waals surface area (Å²) in [5.74, 6) is 1.32. The summed E-state index contributed by atoms with van der Waals surface area (Å²) in [7, 11) is 3.22. The van der Waals surface area contributed by atoms with Crippen LogP contribution in [0, 0.1) is 0 Å². The minimum Gasteiger partial charge on any atom is -0.493 e. The van der Waals surface area contributed by atoms with Crippen LogP contribution in [0.4, 0.5) is 0 Å². The van der Waals surface area contributed by atoms with Gasteiger partial charge in [0.15, 0.2) is 11.5 Å². The Morgan fingerprint density at radius 2 is 1.90 bits per heavy atom. The lowest BCUT2D eigenvalue weighted by Gasteiger charge is -2.27. The number of hydrogen-bond acceptors (Lipinski definition) is 5.